The summed E-state index contributed by atoms with van der Waals surface area (Å²) < 4.78 is 10.9. The highest BCUT2D eigenvalue weighted by Gasteiger charge is 2.09. The van der Waals surface area contributed by atoms with Gasteiger partial charge in [-0.25, -0.2) is 0 Å². The molecule has 0 aliphatic rings. The van der Waals surface area contributed by atoms with E-state index in [0.717, 1.165) is 5.56 Å². The molecule has 2 aromatic carbocycles. The van der Waals surface area contributed by atoms with Crippen LogP contribution in [-0.4, -0.2) is 37.5 Å². The van der Waals surface area contributed by atoms with E-state index in [4.69, 9.17) is 33.3 Å². The molecule has 0 aliphatic heterocycles. The number of hydrogen-bond acceptors (Lipinski definition) is 5. The number of hydrazone groups is 1. The van der Waals surface area contributed by atoms with Crippen LogP contribution < -0.4 is 25.5 Å². The van der Waals surface area contributed by atoms with Crippen molar-refractivity contribution in [1.82, 2.24) is 10.7 Å². The van der Waals surface area contributed by atoms with Crippen LogP contribution in [0.25, 0.3) is 0 Å². The van der Waals surface area contributed by atoms with Gasteiger partial charge >= 0.3 is 0 Å². The summed E-state index contributed by atoms with van der Waals surface area (Å²) in [5.41, 5.74) is 4.05. The smallest absolute Gasteiger partial charge is 0.262 e. The minimum absolute atomic E-state index is 0.179. The molecule has 29 heavy (non-hydrogen) atoms. The van der Waals surface area contributed by atoms with Crippen molar-refractivity contribution in [3.8, 4) is 11.5 Å². The number of amides is 1. The summed E-state index contributed by atoms with van der Waals surface area (Å²) in [5, 5.41) is 10.6. The standard InChI is InChI=1S/C20H21ClN4O3S/c1-3-9-22-20(29)25-23-12-14-7-8-17(18(10-14)27-2)28-13-19(26)24-16-6-4-5-15(21)11-16/h3-8,10-12H,1,9,13H2,2H3,(H,24,26)(H2,22,25,29)/b23-12+. The molecule has 1 amide bonds. The Hall–Kier alpha value is -3.10. The van der Waals surface area contributed by atoms with E-state index in [0.29, 0.717) is 33.9 Å². The van der Waals surface area contributed by atoms with Crippen LogP contribution in [0.15, 0.2) is 60.2 Å². The Balaban J connectivity index is 1.91. The SMILES string of the molecule is C=CCNC(=S)N/N=C/c1ccc(OCC(=O)Nc2cccc(Cl)c2)c(OC)c1. The first-order valence-electron chi connectivity index (χ1n) is 8.56. The maximum Gasteiger partial charge on any atom is 0.262 e. The highest BCUT2D eigenvalue weighted by Crippen LogP contribution is 2.27. The van der Waals surface area contributed by atoms with Crippen molar-refractivity contribution in [2.75, 3.05) is 25.6 Å². The fraction of sp³-hybridized carbons (Fsp3) is 0.150. The monoisotopic (exact) mass is 432 g/mol. The van der Waals surface area contributed by atoms with Gasteiger partial charge in [0.15, 0.2) is 23.2 Å². The summed E-state index contributed by atoms with van der Waals surface area (Å²) in [6.07, 6.45) is 3.27. The molecular formula is C20H21ClN4O3S. The number of benzene rings is 2. The Bertz CT molecular complexity index is 905. The first-order valence-corrected chi connectivity index (χ1v) is 9.34. The maximum absolute atomic E-state index is 12.1. The number of hydrogen-bond donors (Lipinski definition) is 3. The molecule has 0 aromatic heterocycles. The van der Waals surface area contributed by atoms with Gasteiger partial charge in [0, 0.05) is 17.3 Å². The fourth-order valence-electron chi connectivity index (χ4n) is 2.16. The average molecular weight is 433 g/mol. The Morgan fingerprint density at radius 1 is 1.28 bits per heavy atom. The molecule has 0 spiro atoms. The van der Waals surface area contributed by atoms with Gasteiger partial charge in [-0.2, -0.15) is 5.10 Å². The molecule has 3 N–H and O–H groups in total. The quantitative estimate of drug-likeness (QED) is 0.244. The Kier molecular flexibility index (Phi) is 8.94. The predicted octanol–water partition coefficient (Wildman–Crippen LogP) is 3.35. The fourth-order valence-corrected chi connectivity index (χ4v) is 2.49. The second-order valence-corrected chi connectivity index (χ2v) is 6.47. The molecule has 9 heteroatoms. The van der Waals surface area contributed by atoms with Crippen molar-refractivity contribution in [2.24, 2.45) is 5.10 Å². The lowest BCUT2D eigenvalue weighted by atomic mass is 10.2. The number of rotatable bonds is 9. The summed E-state index contributed by atoms with van der Waals surface area (Å²) in [6.45, 7) is 3.96. The molecule has 0 saturated carbocycles. The van der Waals surface area contributed by atoms with E-state index in [1.165, 1.54) is 7.11 Å². The lowest BCUT2D eigenvalue weighted by molar-refractivity contribution is -0.118. The minimum Gasteiger partial charge on any atom is -0.493 e. The summed E-state index contributed by atoms with van der Waals surface area (Å²) in [6, 6.07) is 12.1. The zero-order chi connectivity index (χ0) is 21.1. The Morgan fingerprint density at radius 2 is 2.10 bits per heavy atom. The number of methoxy groups -OCH3 is 1. The van der Waals surface area contributed by atoms with E-state index in [1.807, 2.05) is 0 Å². The van der Waals surface area contributed by atoms with Crippen molar-refractivity contribution in [1.29, 1.82) is 0 Å². The van der Waals surface area contributed by atoms with E-state index in [2.05, 4.69) is 27.7 Å². The number of nitrogens with one attached hydrogen (secondary N) is 3. The van der Waals surface area contributed by atoms with Gasteiger partial charge in [-0.1, -0.05) is 23.7 Å². The van der Waals surface area contributed by atoms with Crippen LogP contribution >= 0.6 is 23.8 Å². The summed E-state index contributed by atoms with van der Waals surface area (Å²) in [7, 11) is 1.52. The lowest BCUT2D eigenvalue weighted by Crippen LogP contribution is -2.31. The van der Waals surface area contributed by atoms with E-state index < -0.39 is 0 Å². The summed E-state index contributed by atoms with van der Waals surface area (Å²) in [5.74, 6) is 0.587. The van der Waals surface area contributed by atoms with Gasteiger partial charge in [-0.05, 0) is 54.2 Å². The number of anilines is 1. The van der Waals surface area contributed by atoms with Gasteiger partial charge in [0.2, 0.25) is 0 Å². The topological polar surface area (TPSA) is 84.0 Å². The molecule has 2 aromatic rings. The zero-order valence-corrected chi connectivity index (χ0v) is 17.3. The van der Waals surface area contributed by atoms with Gasteiger partial charge < -0.3 is 20.1 Å². The minimum atomic E-state index is -0.315. The molecule has 0 bridgehead atoms. The molecule has 0 radical (unpaired) electrons. The zero-order valence-electron chi connectivity index (χ0n) is 15.8. The number of ether oxygens (including phenoxy) is 2. The van der Waals surface area contributed by atoms with Gasteiger partial charge in [-0.3, -0.25) is 10.2 Å². The molecular weight excluding hydrogens is 412 g/mol. The van der Waals surface area contributed by atoms with E-state index in [1.54, 1.807) is 54.8 Å². The first-order chi connectivity index (χ1) is 14.0. The molecule has 0 unspecified atom stereocenters. The summed E-state index contributed by atoms with van der Waals surface area (Å²) in [4.78, 5) is 12.1. The van der Waals surface area contributed by atoms with E-state index >= 15 is 0 Å². The van der Waals surface area contributed by atoms with Crippen LogP contribution in [0.3, 0.4) is 0 Å². The maximum atomic E-state index is 12.1. The number of halogens is 1. The van der Waals surface area contributed by atoms with Gasteiger partial charge in [-0.15, -0.1) is 6.58 Å². The van der Waals surface area contributed by atoms with Gasteiger partial charge in [0.1, 0.15) is 0 Å². The predicted molar refractivity (Wildman–Crippen MR) is 120 cm³/mol. The van der Waals surface area contributed by atoms with E-state index in [9.17, 15) is 4.79 Å². The molecule has 0 heterocycles. The average Bonchev–Trinajstić information content (AvgIpc) is 2.71. The van der Waals surface area contributed by atoms with Crippen LogP contribution in [0.5, 0.6) is 11.5 Å². The number of thiocarbonyl (C=S) groups is 1. The molecule has 7 nitrogen and oxygen atoms in total. The van der Waals surface area contributed by atoms with E-state index in [-0.39, 0.29) is 12.5 Å². The molecule has 0 atom stereocenters. The molecule has 2 rings (SSSR count). The van der Waals surface area contributed by atoms with Gasteiger partial charge in [0.25, 0.3) is 5.91 Å². The van der Waals surface area contributed by atoms with Crippen LogP contribution in [-0.2, 0) is 4.79 Å². The summed E-state index contributed by atoms with van der Waals surface area (Å²) >= 11 is 10.9. The second-order valence-electron chi connectivity index (χ2n) is 5.63. The normalized spacial score (nSPS) is 10.3. The number of nitrogens with zero attached hydrogens (tertiary/aromatic N) is 1. The van der Waals surface area contributed by atoms with Crippen molar-refractivity contribution in [3.63, 3.8) is 0 Å². The van der Waals surface area contributed by atoms with Crippen molar-refractivity contribution in [3.05, 3.63) is 65.7 Å². The second kappa shape index (κ2) is 11.7. The Labute approximate surface area is 179 Å². The van der Waals surface area contributed by atoms with Crippen molar-refractivity contribution >= 4 is 46.7 Å². The van der Waals surface area contributed by atoms with Crippen LogP contribution in [0, 0.1) is 0 Å². The van der Waals surface area contributed by atoms with Crippen LogP contribution in [0.2, 0.25) is 5.02 Å². The number of carbonyl (C=O) groups excluding carboxylic acids is 1. The third-order valence-electron chi connectivity index (χ3n) is 3.44. The number of carbonyl (C=O) groups is 1. The van der Waals surface area contributed by atoms with Gasteiger partial charge in [0.05, 0.1) is 13.3 Å². The lowest BCUT2D eigenvalue weighted by Gasteiger charge is -2.11. The third-order valence-corrected chi connectivity index (χ3v) is 3.91. The van der Waals surface area contributed by atoms with Crippen LogP contribution in [0.1, 0.15) is 5.56 Å². The highest BCUT2D eigenvalue weighted by atomic mass is 35.5. The largest absolute Gasteiger partial charge is 0.493 e. The molecule has 0 fully saturated rings. The molecule has 0 saturated heterocycles. The van der Waals surface area contributed by atoms with Crippen molar-refractivity contribution in [2.45, 2.75) is 0 Å². The van der Waals surface area contributed by atoms with Crippen molar-refractivity contribution < 1.29 is 14.3 Å². The highest BCUT2D eigenvalue weighted by molar-refractivity contribution is 7.80. The molecule has 152 valence electrons. The molecule has 0 aliphatic carbocycles. The Morgan fingerprint density at radius 3 is 2.83 bits per heavy atom. The third kappa shape index (κ3) is 7.81. The first kappa shape index (κ1) is 22.2. The van der Waals surface area contributed by atoms with Crippen LogP contribution in [0.4, 0.5) is 5.69 Å².